The summed E-state index contributed by atoms with van der Waals surface area (Å²) in [6.07, 6.45) is 5.92. The molecule has 2 amide bonds. The number of hydrogen-bond acceptors (Lipinski definition) is 3. The van der Waals surface area contributed by atoms with Gasteiger partial charge in [-0.1, -0.05) is 20.3 Å². The Morgan fingerprint density at radius 1 is 1.15 bits per heavy atom. The van der Waals surface area contributed by atoms with E-state index in [-0.39, 0.29) is 17.7 Å². The quantitative estimate of drug-likeness (QED) is 0.802. The summed E-state index contributed by atoms with van der Waals surface area (Å²) in [4.78, 5) is 27.0. The van der Waals surface area contributed by atoms with Gasteiger partial charge in [0.15, 0.2) is 5.78 Å². The topological polar surface area (TPSA) is 58.6 Å². The van der Waals surface area contributed by atoms with Crippen molar-refractivity contribution in [2.24, 2.45) is 17.3 Å². The van der Waals surface area contributed by atoms with Crippen molar-refractivity contribution in [1.29, 1.82) is 0 Å². The van der Waals surface area contributed by atoms with E-state index in [1.807, 2.05) is 30.9 Å². The number of likely N-dealkylation sites (tertiary alicyclic amines) is 1. The van der Waals surface area contributed by atoms with Gasteiger partial charge >= 0.3 is 6.03 Å². The molecule has 1 N–H and O–H groups in total. The van der Waals surface area contributed by atoms with Crippen molar-refractivity contribution < 1.29 is 14.3 Å². The first-order valence-corrected chi connectivity index (χ1v) is 10.3. The number of benzene rings is 1. The number of hydrogen-bond donors (Lipinski definition) is 1. The van der Waals surface area contributed by atoms with Crippen molar-refractivity contribution in [2.75, 3.05) is 25.1 Å². The molecule has 27 heavy (non-hydrogen) atoms. The molecule has 1 saturated carbocycles. The normalized spacial score (nSPS) is 24.4. The van der Waals surface area contributed by atoms with Crippen LogP contribution < -0.4 is 5.32 Å². The average Bonchev–Trinajstić information content (AvgIpc) is 2.60. The molecule has 1 atom stereocenters. The fourth-order valence-electron chi connectivity index (χ4n) is 5.06. The van der Waals surface area contributed by atoms with Crippen LogP contribution in [-0.2, 0) is 4.74 Å². The van der Waals surface area contributed by atoms with Gasteiger partial charge in [0.05, 0.1) is 0 Å². The number of ether oxygens (including phenoxy) is 1. The van der Waals surface area contributed by atoms with Gasteiger partial charge in [0.2, 0.25) is 0 Å². The molecule has 0 bridgehead atoms. The number of rotatable bonds is 4. The van der Waals surface area contributed by atoms with E-state index in [0.29, 0.717) is 22.9 Å². The second-order valence-corrected chi connectivity index (χ2v) is 8.76. The second-order valence-electron chi connectivity index (χ2n) is 8.76. The average molecular weight is 370 g/mol. The van der Waals surface area contributed by atoms with Gasteiger partial charge in [-0.3, -0.25) is 4.79 Å². The lowest BCUT2D eigenvalue weighted by Crippen LogP contribution is -2.72. The fraction of sp³-hybridized carbons (Fsp3) is 0.636. The Bertz CT molecular complexity index is 703. The van der Waals surface area contributed by atoms with Crippen LogP contribution in [0.4, 0.5) is 10.5 Å². The van der Waals surface area contributed by atoms with Gasteiger partial charge in [0.1, 0.15) is 0 Å². The molecule has 3 aliphatic rings. The first-order valence-electron chi connectivity index (χ1n) is 10.3. The number of carbonyl (C=O) groups excluding carboxylic acids is 2. The van der Waals surface area contributed by atoms with E-state index in [2.05, 4.69) is 5.32 Å². The minimum Gasteiger partial charge on any atom is -0.381 e. The molecule has 0 aromatic heterocycles. The van der Waals surface area contributed by atoms with E-state index in [1.54, 1.807) is 12.1 Å². The monoisotopic (exact) mass is 370 g/mol. The minimum atomic E-state index is -0.0228. The molecule has 1 spiro atoms. The molecule has 1 aromatic carbocycles. The molecule has 5 nitrogen and oxygen atoms in total. The molecule has 5 heteroatoms. The van der Waals surface area contributed by atoms with E-state index in [9.17, 15) is 9.59 Å². The highest BCUT2D eigenvalue weighted by Crippen LogP contribution is 2.56. The van der Waals surface area contributed by atoms with Crippen molar-refractivity contribution >= 4 is 17.5 Å². The van der Waals surface area contributed by atoms with E-state index in [1.165, 1.54) is 19.3 Å². The number of amides is 2. The predicted molar refractivity (Wildman–Crippen MR) is 105 cm³/mol. The van der Waals surface area contributed by atoms with Crippen LogP contribution in [0.1, 0.15) is 56.3 Å². The van der Waals surface area contributed by atoms with Crippen molar-refractivity contribution in [3.63, 3.8) is 0 Å². The van der Waals surface area contributed by atoms with Gasteiger partial charge in [-0.05, 0) is 55.9 Å². The smallest absolute Gasteiger partial charge is 0.322 e. The Hall–Kier alpha value is -1.88. The van der Waals surface area contributed by atoms with Crippen molar-refractivity contribution in [1.82, 2.24) is 4.90 Å². The summed E-state index contributed by atoms with van der Waals surface area (Å²) in [6, 6.07) is 7.62. The van der Waals surface area contributed by atoms with Crippen LogP contribution in [-0.4, -0.2) is 42.5 Å². The standard InChI is InChI=1S/C22H30N2O3/c1-15(2)19(25)16-4-6-18(7-5-16)23-21(26)24-14-22(10-3-11-22)20(24)17-8-12-27-13-9-17/h4-7,15,17,20H,3,8-14H2,1-2H3,(H,23,26). The van der Waals surface area contributed by atoms with Crippen LogP contribution in [0.25, 0.3) is 0 Å². The number of ketones is 1. The zero-order valence-corrected chi connectivity index (χ0v) is 16.4. The second kappa shape index (κ2) is 7.27. The zero-order valence-electron chi connectivity index (χ0n) is 16.4. The lowest BCUT2D eigenvalue weighted by Gasteiger charge is -2.64. The Morgan fingerprint density at radius 3 is 2.37 bits per heavy atom. The lowest BCUT2D eigenvalue weighted by molar-refractivity contribution is -0.135. The zero-order chi connectivity index (χ0) is 19.0. The van der Waals surface area contributed by atoms with Crippen LogP contribution in [0.3, 0.4) is 0 Å². The molecule has 146 valence electrons. The number of anilines is 1. The Labute approximate surface area is 161 Å². The third-order valence-electron chi connectivity index (χ3n) is 6.72. The number of nitrogens with one attached hydrogen (secondary N) is 1. The first-order chi connectivity index (χ1) is 13.0. The maximum Gasteiger partial charge on any atom is 0.322 e. The van der Waals surface area contributed by atoms with Gasteiger partial charge in [0.25, 0.3) is 0 Å². The number of urea groups is 1. The lowest BCUT2D eigenvalue weighted by atomic mass is 9.54. The third kappa shape index (κ3) is 3.38. The Morgan fingerprint density at radius 2 is 1.81 bits per heavy atom. The van der Waals surface area contributed by atoms with Gasteiger partial charge in [-0.25, -0.2) is 4.79 Å². The highest BCUT2D eigenvalue weighted by molar-refractivity contribution is 5.98. The van der Waals surface area contributed by atoms with Crippen LogP contribution in [0.15, 0.2) is 24.3 Å². The van der Waals surface area contributed by atoms with Gasteiger partial charge < -0.3 is 15.0 Å². The van der Waals surface area contributed by atoms with Crippen LogP contribution in [0, 0.1) is 17.3 Å². The highest BCUT2D eigenvalue weighted by atomic mass is 16.5. The highest BCUT2D eigenvalue weighted by Gasteiger charge is 2.59. The molecule has 2 aliphatic heterocycles. The van der Waals surface area contributed by atoms with Gasteiger partial charge in [-0.15, -0.1) is 0 Å². The van der Waals surface area contributed by atoms with Crippen molar-refractivity contribution in [2.45, 2.75) is 52.0 Å². The summed E-state index contributed by atoms with van der Waals surface area (Å²) in [5.41, 5.74) is 1.81. The van der Waals surface area contributed by atoms with Crippen LogP contribution in [0.5, 0.6) is 0 Å². The van der Waals surface area contributed by atoms with Crippen molar-refractivity contribution in [3.05, 3.63) is 29.8 Å². The van der Waals surface area contributed by atoms with Gasteiger partial charge in [0, 0.05) is 48.4 Å². The molecule has 3 fully saturated rings. The summed E-state index contributed by atoms with van der Waals surface area (Å²) in [6.45, 7) is 6.31. The molecule has 1 unspecified atom stereocenters. The van der Waals surface area contributed by atoms with Crippen molar-refractivity contribution in [3.8, 4) is 0 Å². The van der Waals surface area contributed by atoms with E-state index < -0.39 is 0 Å². The fourth-order valence-corrected chi connectivity index (χ4v) is 5.06. The number of Topliss-reactive ketones (excluding diaryl/α,β-unsaturated/α-hetero) is 1. The maximum absolute atomic E-state index is 12.9. The molecule has 1 aliphatic carbocycles. The summed E-state index contributed by atoms with van der Waals surface area (Å²) in [5.74, 6) is 0.664. The summed E-state index contributed by atoms with van der Waals surface area (Å²) in [7, 11) is 0. The number of nitrogens with zero attached hydrogens (tertiary/aromatic N) is 1. The largest absolute Gasteiger partial charge is 0.381 e. The third-order valence-corrected chi connectivity index (χ3v) is 6.72. The Balaban J connectivity index is 1.42. The molecule has 2 saturated heterocycles. The Kier molecular flexibility index (Phi) is 4.97. The summed E-state index contributed by atoms with van der Waals surface area (Å²) < 4.78 is 5.53. The molecule has 1 aromatic rings. The van der Waals surface area contributed by atoms with Crippen LogP contribution >= 0.6 is 0 Å². The van der Waals surface area contributed by atoms with Gasteiger partial charge in [-0.2, -0.15) is 0 Å². The molecular weight excluding hydrogens is 340 g/mol. The predicted octanol–water partition coefficient (Wildman–Crippen LogP) is 4.34. The summed E-state index contributed by atoms with van der Waals surface area (Å²) >= 11 is 0. The molecule has 4 rings (SSSR count). The number of carbonyl (C=O) groups is 2. The minimum absolute atomic E-state index is 0.00745. The van der Waals surface area contributed by atoms with E-state index >= 15 is 0 Å². The first kappa shape index (κ1) is 18.5. The van der Waals surface area contributed by atoms with Crippen LogP contribution in [0.2, 0.25) is 0 Å². The summed E-state index contributed by atoms with van der Waals surface area (Å²) in [5, 5.41) is 3.04. The SMILES string of the molecule is CC(C)C(=O)c1ccc(NC(=O)N2CC3(CCC3)C2C2CCOCC2)cc1. The van der Waals surface area contributed by atoms with E-state index in [4.69, 9.17) is 4.74 Å². The molecule has 0 radical (unpaired) electrons. The molecular formula is C22H30N2O3. The van der Waals surface area contributed by atoms with E-state index in [0.717, 1.165) is 38.3 Å². The molecule has 2 heterocycles. The maximum atomic E-state index is 12.9.